The first-order valence-electron chi connectivity index (χ1n) is 7.07. The lowest BCUT2D eigenvalue weighted by Crippen LogP contribution is -2.34. The van der Waals surface area contributed by atoms with E-state index in [0.717, 1.165) is 4.90 Å². The Hall–Kier alpha value is -2.74. The van der Waals surface area contributed by atoms with Crippen molar-refractivity contribution in [1.29, 1.82) is 0 Å². The van der Waals surface area contributed by atoms with Gasteiger partial charge in [0.25, 0.3) is 5.69 Å². The second-order valence-electron chi connectivity index (χ2n) is 5.63. The molecular formula is C15H12N2O6. The van der Waals surface area contributed by atoms with E-state index >= 15 is 0 Å². The lowest BCUT2D eigenvalue weighted by Gasteiger charge is -2.19. The monoisotopic (exact) mass is 316 g/mol. The zero-order valence-electron chi connectivity index (χ0n) is 12.0. The summed E-state index contributed by atoms with van der Waals surface area (Å²) in [6.07, 6.45) is 2.75. The van der Waals surface area contributed by atoms with E-state index in [1.165, 1.54) is 25.3 Å². The van der Waals surface area contributed by atoms with E-state index in [9.17, 15) is 19.7 Å². The molecule has 0 aromatic heterocycles. The smallest absolute Gasteiger partial charge is 0.271 e. The Morgan fingerprint density at radius 3 is 2.30 bits per heavy atom. The summed E-state index contributed by atoms with van der Waals surface area (Å²) in [4.78, 5) is 36.8. The number of non-ortho nitro benzene ring substituents is 1. The van der Waals surface area contributed by atoms with Gasteiger partial charge in [-0.3, -0.25) is 19.7 Å². The van der Waals surface area contributed by atoms with E-state index in [4.69, 9.17) is 9.47 Å². The number of fused-ring (bicyclic) bond motifs is 5. The Balaban J connectivity index is 1.80. The van der Waals surface area contributed by atoms with E-state index in [0.29, 0.717) is 0 Å². The molecule has 8 nitrogen and oxygen atoms in total. The first-order valence-corrected chi connectivity index (χ1v) is 7.07. The van der Waals surface area contributed by atoms with Gasteiger partial charge in [0.1, 0.15) is 11.4 Å². The molecule has 2 saturated heterocycles. The van der Waals surface area contributed by atoms with Crippen LogP contribution in [0.2, 0.25) is 0 Å². The summed E-state index contributed by atoms with van der Waals surface area (Å²) in [6, 6.07) is 3.83. The van der Waals surface area contributed by atoms with Crippen LogP contribution in [0.5, 0.6) is 5.75 Å². The van der Waals surface area contributed by atoms with Gasteiger partial charge in [0, 0.05) is 12.1 Å². The first-order chi connectivity index (χ1) is 11.0. The van der Waals surface area contributed by atoms with Crippen LogP contribution in [0, 0.1) is 22.0 Å². The fraction of sp³-hybridized carbons (Fsp3) is 0.333. The molecule has 2 fully saturated rings. The van der Waals surface area contributed by atoms with Crippen LogP contribution >= 0.6 is 0 Å². The molecule has 1 aromatic rings. The Labute approximate surface area is 130 Å². The average molecular weight is 316 g/mol. The Kier molecular flexibility index (Phi) is 2.79. The van der Waals surface area contributed by atoms with Crippen LogP contribution < -0.4 is 9.64 Å². The average Bonchev–Trinajstić information content (AvgIpc) is 3.21. The van der Waals surface area contributed by atoms with Gasteiger partial charge in [-0.05, 0) is 6.07 Å². The zero-order chi connectivity index (χ0) is 16.3. The predicted molar refractivity (Wildman–Crippen MR) is 76.9 cm³/mol. The molecular weight excluding hydrogens is 304 g/mol. The van der Waals surface area contributed by atoms with Crippen LogP contribution in [0.4, 0.5) is 11.4 Å². The van der Waals surface area contributed by atoms with Crippen LogP contribution in [0.25, 0.3) is 0 Å². The van der Waals surface area contributed by atoms with E-state index in [2.05, 4.69) is 0 Å². The third kappa shape index (κ3) is 1.75. The molecule has 0 saturated carbocycles. The highest BCUT2D eigenvalue weighted by molar-refractivity contribution is 6.23. The highest BCUT2D eigenvalue weighted by atomic mass is 16.6. The van der Waals surface area contributed by atoms with Gasteiger partial charge >= 0.3 is 0 Å². The predicted octanol–water partition coefficient (Wildman–Crippen LogP) is 1.05. The molecule has 3 aliphatic heterocycles. The largest absolute Gasteiger partial charge is 0.495 e. The lowest BCUT2D eigenvalue weighted by molar-refractivity contribution is -0.384. The van der Waals surface area contributed by atoms with Crippen molar-refractivity contribution in [3.8, 4) is 5.75 Å². The number of methoxy groups -OCH3 is 1. The Bertz CT molecular complexity index is 743. The Morgan fingerprint density at radius 2 is 1.78 bits per heavy atom. The molecule has 8 heteroatoms. The fourth-order valence-electron chi connectivity index (χ4n) is 3.51. The molecule has 23 heavy (non-hydrogen) atoms. The number of carbonyl (C=O) groups excluding carboxylic acids is 2. The number of hydrogen-bond donors (Lipinski definition) is 0. The molecule has 4 atom stereocenters. The summed E-state index contributed by atoms with van der Waals surface area (Å²) in [5, 5.41) is 11.0. The normalized spacial score (nSPS) is 30.9. The highest BCUT2D eigenvalue weighted by Crippen LogP contribution is 2.48. The summed E-state index contributed by atoms with van der Waals surface area (Å²) in [6.45, 7) is 0. The summed E-state index contributed by atoms with van der Waals surface area (Å²) in [5.74, 6) is -1.72. The van der Waals surface area contributed by atoms with Crippen LogP contribution in [0.3, 0.4) is 0 Å². The molecule has 2 bridgehead atoms. The number of nitro benzene ring substituents is 1. The van der Waals surface area contributed by atoms with Gasteiger partial charge in [0.05, 0.1) is 36.1 Å². The minimum absolute atomic E-state index is 0.102. The number of hydrogen-bond acceptors (Lipinski definition) is 6. The molecule has 0 radical (unpaired) electrons. The van der Waals surface area contributed by atoms with Gasteiger partial charge in [0.15, 0.2) is 0 Å². The Morgan fingerprint density at radius 1 is 1.17 bits per heavy atom. The first kappa shape index (κ1) is 13.9. The number of carbonyl (C=O) groups is 2. The van der Waals surface area contributed by atoms with E-state index < -0.39 is 40.8 Å². The number of ether oxygens (including phenoxy) is 2. The van der Waals surface area contributed by atoms with E-state index in [-0.39, 0.29) is 17.1 Å². The number of nitrogens with zero attached hydrogens (tertiary/aromatic N) is 2. The van der Waals surface area contributed by atoms with E-state index in [1.807, 2.05) is 0 Å². The molecule has 1 aromatic carbocycles. The molecule has 4 rings (SSSR count). The molecule has 0 unspecified atom stereocenters. The highest BCUT2D eigenvalue weighted by Gasteiger charge is 2.61. The van der Waals surface area contributed by atoms with Crippen LogP contribution in [0.15, 0.2) is 30.4 Å². The number of anilines is 1. The number of nitro groups is 1. The maximum atomic E-state index is 12.7. The molecule has 0 aliphatic carbocycles. The molecule has 0 N–H and O–H groups in total. The molecule has 118 valence electrons. The van der Waals surface area contributed by atoms with Crippen molar-refractivity contribution < 1.29 is 24.0 Å². The van der Waals surface area contributed by atoms with Crippen molar-refractivity contribution in [2.45, 2.75) is 12.2 Å². The SMILES string of the molecule is COc1ccc([N+](=O)[O-])cc1N1C(=O)[C@@H]2[C@H](C1=O)[C@H]1C=C[C@@H]2O1. The van der Waals surface area contributed by atoms with Crippen molar-refractivity contribution in [2.24, 2.45) is 11.8 Å². The van der Waals surface area contributed by atoms with Crippen LogP contribution in [-0.4, -0.2) is 36.1 Å². The van der Waals surface area contributed by atoms with Crippen molar-refractivity contribution in [1.82, 2.24) is 0 Å². The van der Waals surface area contributed by atoms with Crippen molar-refractivity contribution >= 4 is 23.2 Å². The van der Waals surface area contributed by atoms with Crippen molar-refractivity contribution in [3.05, 3.63) is 40.5 Å². The molecule has 0 spiro atoms. The number of benzene rings is 1. The van der Waals surface area contributed by atoms with Gasteiger partial charge < -0.3 is 9.47 Å². The summed E-state index contributed by atoms with van der Waals surface area (Å²) < 4.78 is 10.7. The van der Waals surface area contributed by atoms with Gasteiger partial charge in [-0.2, -0.15) is 0 Å². The number of amides is 2. The molecule has 3 heterocycles. The summed E-state index contributed by atoms with van der Waals surface area (Å²) >= 11 is 0. The summed E-state index contributed by atoms with van der Waals surface area (Å²) in [5.41, 5.74) is -0.110. The maximum Gasteiger partial charge on any atom is 0.271 e. The molecule has 3 aliphatic rings. The van der Waals surface area contributed by atoms with Crippen molar-refractivity contribution in [2.75, 3.05) is 12.0 Å². The van der Waals surface area contributed by atoms with Crippen LogP contribution in [-0.2, 0) is 14.3 Å². The van der Waals surface area contributed by atoms with E-state index in [1.54, 1.807) is 12.2 Å². The minimum atomic E-state index is -0.580. The topological polar surface area (TPSA) is 99.0 Å². The second-order valence-corrected chi connectivity index (χ2v) is 5.63. The third-order valence-corrected chi connectivity index (χ3v) is 4.52. The quantitative estimate of drug-likeness (QED) is 0.358. The van der Waals surface area contributed by atoms with Crippen molar-refractivity contribution in [3.63, 3.8) is 0 Å². The maximum absolute atomic E-state index is 12.7. The number of rotatable bonds is 3. The van der Waals surface area contributed by atoms with Crippen LogP contribution in [0.1, 0.15) is 0 Å². The zero-order valence-corrected chi connectivity index (χ0v) is 12.0. The van der Waals surface area contributed by atoms with Gasteiger partial charge in [-0.15, -0.1) is 0 Å². The number of imide groups is 1. The van der Waals surface area contributed by atoms with Gasteiger partial charge in [-0.1, -0.05) is 12.2 Å². The van der Waals surface area contributed by atoms with Gasteiger partial charge in [0.2, 0.25) is 11.8 Å². The second kappa shape index (κ2) is 4.63. The standard InChI is InChI=1S/C15H12N2O6/c1-22-9-3-2-7(17(20)21)6-8(9)16-14(18)12-10-4-5-11(23-10)13(12)15(16)19/h2-6,10-13H,1H3/t10-,11+,12-,13+. The fourth-order valence-corrected chi connectivity index (χ4v) is 3.51. The molecule has 2 amide bonds. The lowest BCUT2D eigenvalue weighted by atomic mass is 9.85. The third-order valence-electron chi connectivity index (χ3n) is 4.52. The summed E-state index contributed by atoms with van der Waals surface area (Å²) in [7, 11) is 1.38. The minimum Gasteiger partial charge on any atom is -0.495 e. The van der Waals surface area contributed by atoms with Gasteiger partial charge in [-0.25, -0.2) is 4.90 Å².